The van der Waals surface area contributed by atoms with E-state index in [2.05, 4.69) is 41.8 Å². The molecule has 4 rings (SSSR count). The van der Waals surface area contributed by atoms with Crippen molar-refractivity contribution in [1.82, 2.24) is 0 Å². The van der Waals surface area contributed by atoms with Crippen molar-refractivity contribution in [3.05, 3.63) is 60.5 Å². The van der Waals surface area contributed by atoms with Crippen LogP contribution in [-0.4, -0.2) is 31.2 Å². The van der Waals surface area contributed by atoms with Crippen molar-refractivity contribution in [3.8, 4) is 0 Å². The number of thiophene rings is 1. The number of fused-ring (bicyclic) bond motifs is 2. The van der Waals surface area contributed by atoms with Gasteiger partial charge in [-0.15, -0.1) is 11.3 Å². The molecule has 1 amide bonds. The molecule has 2 N–H and O–H groups in total. The molecule has 2 aromatic rings. The molecule has 2 fully saturated rings. The number of carbonyl (C=O) groups excluding carboxylic acids is 3. The van der Waals surface area contributed by atoms with Gasteiger partial charge in [0.05, 0.1) is 11.8 Å². The zero-order chi connectivity index (χ0) is 23.1. The van der Waals surface area contributed by atoms with Gasteiger partial charge in [0, 0.05) is 9.58 Å². The average Bonchev–Trinajstić information content (AvgIpc) is 3.12. The fraction of sp³-hybridized carbons (Fsp3) is 0.375. The zero-order valence-electron chi connectivity index (χ0n) is 17.7. The summed E-state index contributed by atoms with van der Waals surface area (Å²) in [6.45, 7) is 7.57. The lowest BCUT2D eigenvalue weighted by Crippen LogP contribution is -2.21. The molecule has 2 aliphatic rings. The lowest BCUT2D eigenvalue weighted by molar-refractivity contribution is -0.151. The van der Waals surface area contributed by atoms with Crippen molar-refractivity contribution in [2.45, 2.75) is 19.4 Å². The summed E-state index contributed by atoms with van der Waals surface area (Å²) in [5.41, 5.74) is 4.57. The molecule has 8 heteroatoms. The van der Waals surface area contributed by atoms with E-state index in [1.54, 1.807) is 17.4 Å². The molecular weight excluding hydrogens is 430 g/mol. The Morgan fingerprint density at radius 3 is 2.41 bits per heavy atom. The van der Waals surface area contributed by atoms with Gasteiger partial charge in [-0.05, 0) is 42.2 Å². The van der Waals surface area contributed by atoms with Crippen LogP contribution in [0.2, 0.25) is 0 Å². The van der Waals surface area contributed by atoms with Crippen LogP contribution in [0, 0.1) is 23.7 Å². The van der Waals surface area contributed by atoms with Gasteiger partial charge in [0.15, 0.2) is 0 Å². The molecule has 4 atom stereocenters. The Morgan fingerprint density at radius 1 is 1.03 bits per heavy atom. The van der Waals surface area contributed by atoms with Crippen LogP contribution in [0.1, 0.15) is 17.7 Å². The van der Waals surface area contributed by atoms with Crippen molar-refractivity contribution < 1.29 is 28.6 Å². The van der Waals surface area contributed by atoms with Gasteiger partial charge in [-0.25, -0.2) is 4.79 Å². The quantitative estimate of drug-likeness (QED) is 0.362. The Kier molecular flexibility index (Phi) is 8.05. The van der Waals surface area contributed by atoms with Crippen molar-refractivity contribution in [2.75, 3.05) is 13.2 Å². The summed E-state index contributed by atoms with van der Waals surface area (Å²) in [6.07, 6.45) is 3.96. The van der Waals surface area contributed by atoms with Gasteiger partial charge in [0.2, 0.25) is 0 Å². The highest BCUT2D eigenvalue weighted by Gasteiger charge is 2.64. The summed E-state index contributed by atoms with van der Waals surface area (Å²) in [7, 11) is 0. The first-order valence-electron chi connectivity index (χ1n) is 10.4. The second-order valence-electron chi connectivity index (χ2n) is 7.65. The van der Waals surface area contributed by atoms with E-state index in [0.29, 0.717) is 12.5 Å². The molecule has 7 nitrogen and oxygen atoms in total. The largest absolute Gasteiger partial charge is 0.461 e. The number of hydrogen-bond donors (Lipinski definition) is 1. The first kappa shape index (κ1) is 23.5. The van der Waals surface area contributed by atoms with Crippen LogP contribution in [0.5, 0.6) is 0 Å². The highest BCUT2D eigenvalue weighted by Crippen LogP contribution is 2.61. The van der Waals surface area contributed by atoms with Gasteiger partial charge in [0.25, 0.3) is 0 Å². The molecule has 32 heavy (non-hydrogen) atoms. The zero-order valence-corrected chi connectivity index (χ0v) is 18.6. The minimum absolute atomic E-state index is 0.104. The number of hydrogen-bond acceptors (Lipinski definition) is 7. The SMILES string of the molecule is C=CCOC(=O)C1C2CCC(C(=O)OCc3cc4ccccc4s3)C21.C=CCOC(N)=O. The molecule has 0 radical (unpaired) electrons. The number of esters is 2. The molecule has 0 saturated heterocycles. The van der Waals surface area contributed by atoms with E-state index in [9.17, 15) is 14.4 Å². The van der Waals surface area contributed by atoms with Crippen LogP contribution in [0.3, 0.4) is 0 Å². The first-order chi connectivity index (χ1) is 15.5. The van der Waals surface area contributed by atoms with E-state index in [1.807, 2.05) is 12.1 Å². The topological polar surface area (TPSA) is 105 Å². The highest BCUT2D eigenvalue weighted by molar-refractivity contribution is 7.19. The summed E-state index contributed by atoms with van der Waals surface area (Å²) in [4.78, 5) is 35.2. The van der Waals surface area contributed by atoms with Gasteiger partial charge in [-0.1, -0.05) is 43.5 Å². The Balaban J connectivity index is 0.000000360. The number of amides is 1. The normalized spacial score (nSPS) is 22.6. The van der Waals surface area contributed by atoms with E-state index in [4.69, 9.17) is 9.47 Å². The monoisotopic (exact) mass is 457 g/mol. The molecule has 2 aliphatic carbocycles. The number of carbonyl (C=O) groups is 3. The fourth-order valence-electron chi connectivity index (χ4n) is 4.23. The summed E-state index contributed by atoms with van der Waals surface area (Å²) < 4.78 is 16.1. The van der Waals surface area contributed by atoms with Gasteiger partial charge < -0.3 is 19.9 Å². The van der Waals surface area contributed by atoms with E-state index in [1.165, 1.54) is 16.2 Å². The molecule has 1 aromatic carbocycles. The number of nitrogens with two attached hydrogens (primary N) is 1. The number of rotatable bonds is 8. The van der Waals surface area contributed by atoms with Crippen molar-refractivity contribution in [1.29, 1.82) is 0 Å². The molecule has 1 heterocycles. The molecule has 1 aromatic heterocycles. The third-order valence-corrected chi connectivity index (χ3v) is 6.69. The molecule has 0 bridgehead atoms. The minimum Gasteiger partial charge on any atom is -0.461 e. The van der Waals surface area contributed by atoms with Gasteiger partial charge in [0.1, 0.15) is 19.8 Å². The van der Waals surface area contributed by atoms with E-state index >= 15 is 0 Å². The fourth-order valence-corrected chi connectivity index (χ4v) is 5.21. The second kappa shape index (κ2) is 10.9. The van der Waals surface area contributed by atoms with Crippen molar-refractivity contribution in [3.63, 3.8) is 0 Å². The maximum Gasteiger partial charge on any atom is 0.404 e. The second-order valence-corrected chi connectivity index (χ2v) is 8.81. The Bertz CT molecular complexity index is 966. The minimum atomic E-state index is -0.764. The summed E-state index contributed by atoms with van der Waals surface area (Å²) >= 11 is 1.65. The summed E-state index contributed by atoms with van der Waals surface area (Å²) in [6, 6.07) is 10.2. The first-order valence-corrected chi connectivity index (χ1v) is 11.2. The van der Waals surface area contributed by atoms with Crippen LogP contribution in [-0.2, 0) is 30.4 Å². The van der Waals surface area contributed by atoms with Crippen LogP contribution < -0.4 is 5.73 Å². The maximum atomic E-state index is 12.5. The van der Waals surface area contributed by atoms with Gasteiger partial charge >= 0.3 is 18.0 Å². The molecule has 4 unspecified atom stereocenters. The van der Waals surface area contributed by atoms with Crippen molar-refractivity contribution >= 4 is 39.5 Å². The maximum absolute atomic E-state index is 12.5. The summed E-state index contributed by atoms with van der Waals surface area (Å²) in [5.74, 6) is -0.275. The average molecular weight is 458 g/mol. The van der Waals surface area contributed by atoms with E-state index in [-0.39, 0.29) is 42.9 Å². The Labute approximate surface area is 190 Å². The smallest absolute Gasteiger partial charge is 0.404 e. The van der Waals surface area contributed by atoms with Gasteiger partial charge in [-0.3, -0.25) is 9.59 Å². The van der Waals surface area contributed by atoms with Gasteiger partial charge in [-0.2, -0.15) is 0 Å². The number of ether oxygens (including phenoxy) is 3. The van der Waals surface area contributed by atoms with Crippen LogP contribution in [0.15, 0.2) is 55.6 Å². The van der Waals surface area contributed by atoms with E-state index < -0.39 is 6.09 Å². The molecular formula is C24H27NO6S. The standard InChI is InChI=1S/C20H20O4S.C4H7NO2/c1-2-9-23-20(22)18-14-7-8-15(17(14)18)19(21)24-11-13-10-12-5-3-4-6-16(12)25-13;1-2-3-7-4(5)6/h2-6,10,14-15,17-18H,1,7-9,11H2;2H,1,3H2,(H2,5,6). The Morgan fingerprint density at radius 2 is 1.75 bits per heavy atom. The van der Waals surface area contributed by atoms with Crippen molar-refractivity contribution in [2.24, 2.45) is 29.4 Å². The third kappa shape index (κ3) is 5.76. The molecule has 0 aliphatic heterocycles. The number of primary amides is 1. The molecule has 170 valence electrons. The van der Waals surface area contributed by atoms with Crippen LogP contribution in [0.4, 0.5) is 4.79 Å². The molecule has 0 spiro atoms. The van der Waals surface area contributed by atoms with Crippen LogP contribution in [0.25, 0.3) is 10.1 Å². The Hall–Kier alpha value is -3.13. The third-order valence-electron chi connectivity index (χ3n) is 5.60. The van der Waals surface area contributed by atoms with E-state index in [0.717, 1.165) is 17.7 Å². The number of benzene rings is 1. The highest BCUT2D eigenvalue weighted by atomic mass is 32.1. The lowest BCUT2D eigenvalue weighted by atomic mass is 10.0. The predicted molar refractivity (Wildman–Crippen MR) is 122 cm³/mol. The lowest BCUT2D eigenvalue weighted by Gasteiger charge is -2.13. The molecule has 2 saturated carbocycles. The summed E-state index contributed by atoms with van der Waals surface area (Å²) in [5, 5.41) is 1.17. The predicted octanol–water partition coefficient (Wildman–Crippen LogP) is 4.21. The van der Waals surface area contributed by atoms with Crippen LogP contribution >= 0.6 is 11.3 Å².